The normalized spacial score (nSPS) is 11.2. The van der Waals surface area contributed by atoms with Gasteiger partial charge in [0.15, 0.2) is 0 Å². The third-order valence-electron chi connectivity index (χ3n) is 3.91. The predicted molar refractivity (Wildman–Crippen MR) is 108 cm³/mol. The first-order valence-corrected chi connectivity index (χ1v) is 8.50. The van der Waals surface area contributed by atoms with E-state index < -0.39 is 0 Å². The maximum Gasteiger partial charge on any atom is 0.255 e. The van der Waals surface area contributed by atoms with Gasteiger partial charge in [-0.05, 0) is 50.2 Å². The second kappa shape index (κ2) is 10.6. The molecule has 0 spiro atoms. The van der Waals surface area contributed by atoms with Crippen molar-refractivity contribution in [2.45, 2.75) is 26.8 Å². The molecule has 26 heavy (non-hydrogen) atoms. The Balaban J connectivity index is 0.00000338. The van der Waals surface area contributed by atoms with Gasteiger partial charge in [0.05, 0.1) is 0 Å². The van der Waals surface area contributed by atoms with Gasteiger partial charge in [0.1, 0.15) is 0 Å². The average molecular weight is 376 g/mol. The summed E-state index contributed by atoms with van der Waals surface area (Å²) in [4.78, 5) is 24.6. The molecule has 0 bridgehead atoms. The molecule has 0 aromatic heterocycles. The monoisotopic (exact) mass is 375 g/mol. The van der Waals surface area contributed by atoms with Crippen LogP contribution in [0.4, 0.5) is 5.69 Å². The fourth-order valence-corrected chi connectivity index (χ4v) is 2.45. The highest BCUT2D eigenvalue weighted by molar-refractivity contribution is 6.05. The van der Waals surface area contributed by atoms with E-state index in [0.29, 0.717) is 23.4 Å². The molecule has 0 saturated carbocycles. The van der Waals surface area contributed by atoms with Crippen molar-refractivity contribution in [3.63, 3.8) is 0 Å². The minimum absolute atomic E-state index is 0. The predicted octanol–water partition coefficient (Wildman–Crippen LogP) is 3.40. The molecule has 140 valence electrons. The molecule has 1 atom stereocenters. The molecule has 0 aliphatic carbocycles. The molecular weight excluding hydrogens is 350 g/mol. The summed E-state index contributed by atoms with van der Waals surface area (Å²) in [6, 6.07) is 14.5. The van der Waals surface area contributed by atoms with E-state index in [1.165, 1.54) is 0 Å². The van der Waals surface area contributed by atoms with E-state index in [2.05, 4.69) is 16.0 Å². The van der Waals surface area contributed by atoms with Gasteiger partial charge in [-0.25, -0.2) is 0 Å². The van der Waals surface area contributed by atoms with Crippen LogP contribution in [0.3, 0.4) is 0 Å². The standard InChI is InChI=1S/C20H25N3O2.ClH/c1-4-21-15(3)13-22-19(24)17-11-10-14(2)18(12-17)23-20(25)16-8-6-5-7-9-16;/h5-12,15,21H,4,13H2,1-3H3,(H,22,24)(H,23,25);1H/t15-;/m1./s1. The van der Waals surface area contributed by atoms with Gasteiger partial charge in [-0.3, -0.25) is 9.59 Å². The number of carbonyl (C=O) groups is 2. The number of anilines is 1. The van der Waals surface area contributed by atoms with Crippen LogP contribution in [0, 0.1) is 6.92 Å². The number of nitrogens with one attached hydrogen (secondary N) is 3. The van der Waals surface area contributed by atoms with Gasteiger partial charge in [-0.1, -0.05) is 31.2 Å². The van der Waals surface area contributed by atoms with Crippen LogP contribution in [0.1, 0.15) is 40.1 Å². The number of aryl methyl sites for hydroxylation is 1. The third-order valence-corrected chi connectivity index (χ3v) is 3.91. The van der Waals surface area contributed by atoms with Crippen molar-refractivity contribution in [2.24, 2.45) is 0 Å². The summed E-state index contributed by atoms with van der Waals surface area (Å²) < 4.78 is 0. The molecule has 0 unspecified atom stereocenters. The highest BCUT2D eigenvalue weighted by atomic mass is 35.5. The summed E-state index contributed by atoms with van der Waals surface area (Å²) in [6.45, 7) is 7.35. The molecule has 2 aromatic rings. The number of amides is 2. The van der Waals surface area contributed by atoms with Crippen LogP contribution in [-0.2, 0) is 0 Å². The Morgan fingerprint density at radius 2 is 1.69 bits per heavy atom. The summed E-state index contributed by atoms with van der Waals surface area (Å²) in [5.74, 6) is -0.345. The van der Waals surface area contributed by atoms with Crippen LogP contribution in [-0.4, -0.2) is 30.9 Å². The zero-order chi connectivity index (χ0) is 18.2. The highest BCUT2D eigenvalue weighted by Gasteiger charge is 2.12. The third kappa shape index (κ3) is 6.17. The molecule has 2 aromatic carbocycles. The van der Waals surface area contributed by atoms with Crippen molar-refractivity contribution in [1.29, 1.82) is 0 Å². The van der Waals surface area contributed by atoms with E-state index >= 15 is 0 Å². The fraction of sp³-hybridized carbons (Fsp3) is 0.300. The first-order chi connectivity index (χ1) is 12.0. The first kappa shape index (κ1) is 21.7. The number of carbonyl (C=O) groups excluding carboxylic acids is 2. The zero-order valence-corrected chi connectivity index (χ0v) is 16.2. The molecule has 2 rings (SSSR count). The van der Waals surface area contributed by atoms with Gasteiger partial charge >= 0.3 is 0 Å². The van der Waals surface area contributed by atoms with E-state index in [9.17, 15) is 9.59 Å². The number of benzene rings is 2. The Hall–Kier alpha value is -2.37. The Labute approximate surface area is 161 Å². The van der Waals surface area contributed by atoms with Crippen molar-refractivity contribution in [3.05, 3.63) is 65.2 Å². The molecule has 0 fully saturated rings. The molecule has 5 nitrogen and oxygen atoms in total. The Morgan fingerprint density at radius 3 is 2.35 bits per heavy atom. The molecule has 0 heterocycles. The molecule has 0 saturated heterocycles. The molecule has 0 aliphatic rings. The van der Waals surface area contributed by atoms with Crippen LogP contribution in [0.2, 0.25) is 0 Å². The van der Waals surface area contributed by atoms with E-state index in [-0.39, 0.29) is 30.3 Å². The summed E-state index contributed by atoms with van der Waals surface area (Å²) in [5, 5.41) is 9.02. The molecule has 6 heteroatoms. The van der Waals surface area contributed by atoms with Gasteiger partial charge in [-0.15, -0.1) is 12.4 Å². The van der Waals surface area contributed by atoms with E-state index in [1.807, 2.05) is 45.0 Å². The maximum atomic E-state index is 12.3. The summed E-state index contributed by atoms with van der Waals surface area (Å²) >= 11 is 0. The topological polar surface area (TPSA) is 70.2 Å². The SMILES string of the molecule is CCN[C@H](C)CNC(=O)c1ccc(C)c(NC(=O)c2ccccc2)c1.Cl. The maximum absolute atomic E-state index is 12.3. The molecule has 0 aliphatic heterocycles. The van der Waals surface area contributed by atoms with Gasteiger partial charge in [0.2, 0.25) is 0 Å². The number of halogens is 1. The van der Waals surface area contributed by atoms with Crippen LogP contribution < -0.4 is 16.0 Å². The summed E-state index contributed by atoms with van der Waals surface area (Å²) in [6.07, 6.45) is 0. The smallest absolute Gasteiger partial charge is 0.255 e. The highest BCUT2D eigenvalue weighted by Crippen LogP contribution is 2.18. The van der Waals surface area contributed by atoms with Gasteiger partial charge in [0, 0.05) is 29.4 Å². The van der Waals surface area contributed by atoms with Crippen molar-refractivity contribution in [3.8, 4) is 0 Å². The van der Waals surface area contributed by atoms with Crippen molar-refractivity contribution in [1.82, 2.24) is 10.6 Å². The Morgan fingerprint density at radius 1 is 1.00 bits per heavy atom. The fourth-order valence-electron chi connectivity index (χ4n) is 2.45. The van der Waals surface area contributed by atoms with Gasteiger partial charge in [-0.2, -0.15) is 0 Å². The first-order valence-electron chi connectivity index (χ1n) is 8.50. The largest absolute Gasteiger partial charge is 0.350 e. The Bertz CT molecular complexity index is 735. The van der Waals surface area contributed by atoms with E-state index in [4.69, 9.17) is 0 Å². The quantitative estimate of drug-likeness (QED) is 0.694. The van der Waals surface area contributed by atoms with E-state index in [0.717, 1.165) is 12.1 Å². The summed E-state index contributed by atoms with van der Waals surface area (Å²) in [5.41, 5.74) is 2.65. The second-order valence-corrected chi connectivity index (χ2v) is 6.02. The van der Waals surface area contributed by atoms with Crippen molar-refractivity contribution in [2.75, 3.05) is 18.4 Å². The number of hydrogen-bond acceptors (Lipinski definition) is 3. The van der Waals surface area contributed by atoms with E-state index in [1.54, 1.807) is 24.3 Å². The molecule has 2 amide bonds. The van der Waals surface area contributed by atoms with Gasteiger partial charge < -0.3 is 16.0 Å². The zero-order valence-electron chi connectivity index (χ0n) is 15.3. The second-order valence-electron chi connectivity index (χ2n) is 6.02. The minimum Gasteiger partial charge on any atom is -0.350 e. The average Bonchev–Trinajstić information content (AvgIpc) is 2.62. The number of hydrogen-bond donors (Lipinski definition) is 3. The number of rotatable bonds is 7. The Kier molecular flexibility index (Phi) is 8.82. The number of likely N-dealkylation sites (N-methyl/N-ethyl adjacent to an activating group) is 1. The lowest BCUT2D eigenvalue weighted by Gasteiger charge is -2.14. The van der Waals surface area contributed by atoms with Crippen LogP contribution in [0.5, 0.6) is 0 Å². The van der Waals surface area contributed by atoms with Crippen LogP contribution in [0.25, 0.3) is 0 Å². The minimum atomic E-state index is -0.193. The van der Waals surface area contributed by atoms with Crippen LogP contribution >= 0.6 is 12.4 Å². The lowest BCUT2D eigenvalue weighted by molar-refractivity contribution is 0.0949. The molecule has 3 N–H and O–H groups in total. The van der Waals surface area contributed by atoms with Gasteiger partial charge in [0.25, 0.3) is 11.8 Å². The lowest BCUT2D eigenvalue weighted by Crippen LogP contribution is -2.38. The summed E-state index contributed by atoms with van der Waals surface area (Å²) in [7, 11) is 0. The molecule has 0 radical (unpaired) electrons. The van der Waals surface area contributed by atoms with Crippen molar-refractivity contribution >= 4 is 29.9 Å². The van der Waals surface area contributed by atoms with Crippen LogP contribution in [0.15, 0.2) is 48.5 Å². The van der Waals surface area contributed by atoms with Crippen molar-refractivity contribution < 1.29 is 9.59 Å². The lowest BCUT2D eigenvalue weighted by atomic mass is 10.1. The molecular formula is C20H26ClN3O2.